The molecule has 0 bridgehead atoms. The lowest BCUT2D eigenvalue weighted by molar-refractivity contribution is 0.103. The molecule has 0 saturated heterocycles. The molecule has 1 fully saturated rings. The van der Waals surface area contributed by atoms with Crippen molar-refractivity contribution >= 4 is 0 Å². The zero-order chi connectivity index (χ0) is 11.6. The summed E-state index contributed by atoms with van der Waals surface area (Å²) in [7, 11) is 0. The van der Waals surface area contributed by atoms with Crippen molar-refractivity contribution in [2.75, 3.05) is 19.8 Å². The summed E-state index contributed by atoms with van der Waals surface area (Å²) in [5, 5.41) is 3.44. The lowest BCUT2D eigenvalue weighted by atomic mass is 9.83. The predicted octanol–water partition coefficient (Wildman–Crippen LogP) is 3.36. The fourth-order valence-corrected chi connectivity index (χ4v) is 2.24. The van der Waals surface area contributed by atoms with Gasteiger partial charge < -0.3 is 10.1 Å². The van der Waals surface area contributed by atoms with Gasteiger partial charge in [-0.05, 0) is 45.1 Å². The highest BCUT2D eigenvalue weighted by Crippen LogP contribution is 2.29. The van der Waals surface area contributed by atoms with Gasteiger partial charge in [-0.3, -0.25) is 0 Å². The van der Waals surface area contributed by atoms with Crippen LogP contribution < -0.4 is 5.32 Å². The van der Waals surface area contributed by atoms with Crippen molar-refractivity contribution in [3.63, 3.8) is 0 Å². The minimum absolute atomic E-state index is 0.667. The Balaban J connectivity index is 1.73. The normalized spacial score (nSPS) is 18.4. The Bertz CT molecular complexity index is 157. The van der Waals surface area contributed by atoms with Crippen molar-refractivity contribution in [2.24, 2.45) is 5.92 Å². The summed E-state index contributed by atoms with van der Waals surface area (Å²) in [6, 6.07) is 0.667. The molecule has 0 aliphatic heterocycles. The third-order valence-electron chi connectivity index (χ3n) is 3.62. The van der Waals surface area contributed by atoms with E-state index in [9.17, 15) is 0 Å². The first-order valence-electron chi connectivity index (χ1n) is 7.14. The molecule has 1 unspecified atom stereocenters. The summed E-state index contributed by atoms with van der Waals surface area (Å²) < 4.78 is 5.66. The number of hydrogen-bond acceptors (Lipinski definition) is 2. The third kappa shape index (κ3) is 6.49. The molecule has 0 heterocycles. The zero-order valence-electron chi connectivity index (χ0n) is 11.1. The molecule has 1 aliphatic carbocycles. The number of nitrogens with one attached hydrogen (secondary N) is 1. The first kappa shape index (κ1) is 14.0. The van der Waals surface area contributed by atoms with E-state index in [4.69, 9.17) is 4.74 Å². The van der Waals surface area contributed by atoms with E-state index in [1.807, 2.05) is 0 Å². The van der Waals surface area contributed by atoms with Crippen molar-refractivity contribution in [3.8, 4) is 0 Å². The highest BCUT2D eigenvalue weighted by molar-refractivity contribution is 4.68. The molecule has 0 aromatic heterocycles. The summed E-state index contributed by atoms with van der Waals surface area (Å²) >= 11 is 0. The SMILES string of the molecule is CCNC(C)CCCCOCCC1CCC1. The van der Waals surface area contributed by atoms with Crippen LogP contribution in [0.5, 0.6) is 0 Å². The molecule has 2 heteroatoms. The first-order chi connectivity index (χ1) is 7.83. The van der Waals surface area contributed by atoms with Crippen LogP contribution >= 0.6 is 0 Å². The highest BCUT2D eigenvalue weighted by Gasteiger charge is 2.16. The van der Waals surface area contributed by atoms with Gasteiger partial charge in [0.2, 0.25) is 0 Å². The molecule has 2 nitrogen and oxygen atoms in total. The van der Waals surface area contributed by atoms with E-state index in [0.29, 0.717) is 6.04 Å². The number of rotatable bonds is 10. The summed E-state index contributed by atoms with van der Waals surface area (Å²) in [6.07, 6.45) is 9.44. The Morgan fingerprint density at radius 1 is 1.25 bits per heavy atom. The number of ether oxygens (including phenoxy) is 1. The molecule has 0 aromatic carbocycles. The lowest BCUT2D eigenvalue weighted by Crippen LogP contribution is -2.25. The molecule has 0 amide bonds. The van der Waals surface area contributed by atoms with E-state index in [2.05, 4.69) is 19.2 Å². The Labute approximate surface area is 101 Å². The predicted molar refractivity (Wildman–Crippen MR) is 69.8 cm³/mol. The van der Waals surface area contributed by atoms with Crippen LogP contribution in [0.25, 0.3) is 0 Å². The van der Waals surface area contributed by atoms with Crippen LogP contribution in [0.2, 0.25) is 0 Å². The number of unbranched alkanes of at least 4 members (excludes halogenated alkanes) is 1. The zero-order valence-corrected chi connectivity index (χ0v) is 11.1. The van der Waals surface area contributed by atoms with Crippen LogP contribution in [-0.4, -0.2) is 25.8 Å². The van der Waals surface area contributed by atoms with Gasteiger partial charge in [0.1, 0.15) is 0 Å². The smallest absolute Gasteiger partial charge is 0.0468 e. The molecule has 0 radical (unpaired) electrons. The van der Waals surface area contributed by atoms with Gasteiger partial charge in [0.05, 0.1) is 0 Å². The fraction of sp³-hybridized carbons (Fsp3) is 1.00. The molecular formula is C14H29NO. The maximum absolute atomic E-state index is 5.66. The molecule has 0 spiro atoms. The maximum Gasteiger partial charge on any atom is 0.0468 e. The van der Waals surface area contributed by atoms with Crippen molar-refractivity contribution < 1.29 is 4.74 Å². The Morgan fingerprint density at radius 3 is 2.69 bits per heavy atom. The topological polar surface area (TPSA) is 21.3 Å². The molecule has 0 aromatic rings. The van der Waals surface area contributed by atoms with Crippen LogP contribution in [0.3, 0.4) is 0 Å². The largest absolute Gasteiger partial charge is 0.381 e. The van der Waals surface area contributed by atoms with Crippen molar-refractivity contribution in [1.82, 2.24) is 5.32 Å². The Morgan fingerprint density at radius 2 is 2.06 bits per heavy atom. The van der Waals surface area contributed by atoms with Gasteiger partial charge in [-0.15, -0.1) is 0 Å². The van der Waals surface area contributed by atoms with E-state index >= 15 is 0 Å². The molecule has 1 N–H and O–H groups in total. The average Bonchev–Trinajstić information content (AvgIpc) is 2.19. The van der Waals surface area contributed by atoms with E-state index in [0.717, 1.165) is 25.7 Å². The Hall–Kier alpha value is -0.0800. The second-order valence-corrected chi connectivity index (χ2v) is 5.15. The molecule has 16 heavy (non-hydrogen) atoms. The molecule has 1 rings (SSSR count). The summed E-state index contributed by atoms with van der Waals surface area (Å²) in [4.78, 5) is 0. The summed E-state index contributed by atoms with van der Waals surface area (Å²) in [5.41, 5.74) is 0. The number of hydrogen-bond donors (Lipinski definition) is 1. The van der Waals surface area contributed by atoms with Gasteiger partial charge in [-0.25, -0.2) is 0 Å². The van der Waals surface area contributed by atoms with Gasteiger partial charge in [0, 0.05) is 19.3 Å². The monoisotopic (exact) mass is 227 g/mol. The molecular weight excluding hydrogens is 198 g/mol. The lowest BCUT2D eigenvalue weighted by Gasteiger charge is -2.24. The first-order valence-corrected chi connectivity index (χ1v) is 7.14. The van der Waals surface area contributed by atoms with Crippen molar-refractivity contribution in [2.45, 2.75) is 64.8 Å². The van der Waals surface area contributed by atoms with Gasteiger partial charge in [-0.1, -0.05) is 26.2 Å². The second kappa shape index (κ2) is 9.00. The highest BCUT2D eigenvalue weighted by atomic mass is 16.5. The average molecular weight is 227 g/mol. The van der Waals surface area contributed by atoms with E-state index in [-0.39, 0.29) is 0 Å². The molecule has 1 saturated carbocycles. The molecule has 1 atom stereocenters. The van der Waals surface area contributed by atoms with Crippen molar-refractivity contribution in [3.05, 3.63) is 0 Å². The fourth-order valence-electron chi connectivity index (χ4n) is 2.24. The molecule has 1 aliphatic rings. The molecule has 96 valence electrons. The minimum atomic E-state index is 0.667. The maximum atomic E-state index is 5.66. The van der Waals surface area contributed by atoms with Crippen LogP contribution in [-0.2, 0) is 4.74 Å². The Kier molecular flexibility index (Phi) is 7.87. The third-order valence-corrected chi connectivity index (χ3v) is 3.62. The van der Waals surface area contributed by atoms with Crippen LogP contribution in [0.1, 0.15) is 58.8 Å². The van der Waals surface area contributed by atoms with Gasteiger partial charge in [0.25, 0.3) is 0 Å². The van der Waals surface area contributed by atoms with E-state index in [1.54, 1.807) is 0 Å². The van der Waals surface area contributed by atoms with E-state index in [1.165, 1.54) is 44.9 Å². The summed E-state index contributed by atoms with van der Waals surface area (Å²) in [6.45, 7) is 7.47. The summed E-state index contributed by atoms with van der Waals surface area (Å²) in [5.74, 6) is 0.994. The van der Waals surface area contributed by atoms with Crippen LogP contribution in [0, 0.1) is 5.92 Å². The van der Waals surface area contributed by atoms with Crippen molar-refractivity contribution in [1.29, 1.82) is 0 Å². The van der Waals surface area contributed by atoms with Gasteiger partial charge in [0.15, 0.2) is 0 Å². The van der Waals surface area contributed by atoms with Gasteiger partial charge in [-0.2, -0.15) is 0 Å². The minimum Gasteiger partial charge on any atom is -0.381 e. The van der Waals surface area contributed by atoms with Crippen LogP contribution in [0.15, 0.2) is 0 Å². The van der Waals surface area contributed by atoms with Crippen LogP contribution in [0.4, 0.5) is 0 Å². The van der Waals surface area contributed by atoms with E-state index < -0.39 is 0 Å². The standard InChI is InChI=1S/C14H29NO/c1-3-15-13(2)7-4-5-11-16-12-10-14-8-6-9-14/h13-15H,3-12H2,1-2H3. The van der Waals surface area contributed by atoms with Gasteiger partial charge >= 0.3 is 0 Å². The quantitative estimate of drug-likeness (QED) is 0.578. The second-order valence-electron chi connectivity index (χ2n) is 5.15.